The first-order valence-electron chi connectivity index (χ1n) is 6.66. The van der Waals surface area contributed by atoms with E-state index in [0.717, 1.165) is 28.6 Å². The standard InChI is InChI=1S/C16H16BrCl2NO/c1-2-13(20)7-10-3-4-12(19)9-16(10)21-15-6-5-11(18)8-14(15)17/h3-6,8-9,13H,2,7,20H2,1H3. The molecule has 2 N–H and O–H groups in total. The monoisotopic (exact) mass is 387 g/mol. The molecule has 0 aromatic heterocycles. The first-order valence-corrected chi connectivity index (χ1v) is 8.21. The summed E-state index contributed by atoms with van der Waals surface area (Å²) in [5.74, 6) is 1.41. The van der Waals surface area contributed by atoms with E-state index in [1.54, 1.807) is 18.2 Å². The highest BCUT2D eigenvalue weighted by Crippen LogP contribution is 2.35. The van der Waals surface area contributed by atoms with Gasteiger partial charge in [-0.3, -0.25) is 0 Å². The van der Waals surface area contributed by atoms with Crippen molar-refractivity contribution >= 4 is 39.1 Å². The zero-order valence-corrected chi connectivity index (χ0v) is 14.7. The lowest BCUT2D eigenvalue weighted by Gasteiger charge is -2.15. The van der Waals surface area contributed by atoms with Crippen molar-refractivity contribution in [3.05, 3.63) is 56.5 Å². The highest BCUT2D eigenvalue weighted by Gasteiger charge is 2.11. The summed E-state index contributed by atoms with van der Waals surface area (Å²) < 4.78 is 6.77. The second kappa shape index (κ2) is 7.50. The molecular weight excluding hydrogens is 373 g/mol. The molecule has 0 aliphatic rings. The van der Waals surface area contributed by atoms with Crippen molar-refractivity contribution in [3.8, 4) is 11.5 Å². The van der Waals surface area contributed by atoms with Crippen molar-refractivity contribution in [1.82, 2.24) is 0 Å². The van der Waals surface area contributed by atoms with Crippen LogP contribution in [0.2, 0.25) is 10.0 Å². The highest BCUT2D eigenvalue weighted by molar-refractivity contribution is 9.10. The third-order valence-electron chi connectivity index (χ3n) is 3.15. The van der Waals surface area contributed by atoms with E-state index in [1.165, 1.54) is 0 Å². The number of ether oxygens (including phenoxy) is 1. The molecular formula is C16H16BrCl2NO. The molecule has 0 spiro atoms. The van der Waals surface area contributed by atoms with Gasteiger partial charge in [-0.25, -0.2) is 0 Å². The SMILES string of the molecule is CCC(N)Cc1ccc(Cl)cc1Oc1ccc(Cl)cc1Br. The number of nitrogens with two attached hydrogens (primary N) is 1. The Morgan fingerprint density at radius 3 is 2.43 bits per heavy atom. The largest absolute Gasteiger partial charge is 0.456 e. The quantitative estimate of drug-likeness (QED) is 0.699. The molecule has 0 amide bonds. The lowest BCUT2D eigenvalue weighted by molar-refractivity contribution is 0.469. The molecule has 2 nitrogen and oxygen atoms in total. The summed E-state index contributed by atoms with van der Waals surface area (Å²) in [5, 5.41) is 1.28. The molecule has 2 aromatic rings. The summed E-state index contributed by atoms with van der Waals surface area (Å²) >= 11 is 15.5. The molecule has 0 saturated carbocycles. The molecule has 1 atom stereocenters. The van der Waals surface area contributed by atoms with Gasteiger partial charge in [-0.2, -0.15) is 0 Å². The lowest BCUT2D eigenvalue weighted by Crippen LogP contribution is -2.21. The van der Waals surface area contributed by atoms with E-state index < -0.39 is 0 Å². The van der Waals surface area contributed by atoms with Crippen LogP contribution < -0.4 is 10.5 Å². The van der Waals surface area contributed by atoms with Crippen molar-refractivity contribution in [1.29, 1.82) is 0 Å². The van der Waals surface area contributed by atoms with Crippen molar-refractivity contribution < 1.29 is 4.74 Å². The van der Waals surface area contributed by atoms with Crippen LogP contribution in [-0.4, -0.2) is 6.04 Å². The molecule has 2 rings (SSSR count). The van der Waals surface area contributed by atoms with Gasteiger partial charge >= 0.3 is 0 Å². The van der Waals surface area contributed by atoms with Gasteiger partial charge in [0.1, 0.15) is 11.5 Å². The summed E-state index contributed by atoms with van der Waals surface area (Å²) in [5.41, 5.74) is 7.08. The molecule has 2 aromatic carbocycles. The van der Waals surface area contributed by atoms with Crippen LogP contribution in [0.15, 0.2) is 40.9 Å². The Bertz CT molecular complexity index is 634. The first kappa shape index (κ1) is 16.6. The maximum atomic E-state index is 6.07. The fraction of sp³-hybridized carbons (Fsp3) is 0.250. The molecule has 0 fully saturated rings. The lowest BCUT2D eigenvalue weighted by atomic mass is 10.0. The van der Waals surface area contributed by atoms with Crippen molar-refractivity contribution in [3.63, 3.8) is 0 Å². The van der Waals surface area contributed by atoms with Gasteiger partial charge < -0.3 is 10.5 Å². The van der Waals surface area contributed by atoms with E-state index in [-0.39, 0.29) is 6.04 Å². The fourth-order valence-electron chi connectivity index (χ4n) is 1.90. The Kier molecular flexibility index (Phi) is 5.94. The van der Waals surface area contributed by atoms with E-state index in [1.807, 2.05) is 18.2 Å². The molecule has 1 unspecified atom stereocenters. The summed E-state index contributed by atoms with van der Waals surface area (Å²) in [6, 6.07) is 11.1. The average molecular weight is 389 g/mol. The van der Waals surface area contributed by atoms with Gasteiger partial charge in [0.15, 0.2) is 0 Å². The highest BCUT2D eigenvalue weighted by atomic mass is 79.9. The van der Waals surface area contributed by atoms with Gasteiger partial charge in [0.05, 0.1) is 4.47 Å². The molecule has 5 heteroatoms. The first-order chi connectivity index (χ1) is 9.99. The van der Waals surface area contributed by atoms with Gasteiger partial charge in [0.2, 0.25) is 0 Å². The van der Waals surface area contributed by atoms with Gasteiger partial charge in [-0.15, -0.1) is 0 Å². The maximum Gasteiger partial charge on any atom is 0.141 e. The number of benzene rings is 2. The zero-order chi connectivity index (χ0) is 15.4. The molecule has 0 saturated heterocycles. The Balaban J connectivity index is 2.31. The van der Waals surface area contributed by atoms with Crippen LogP contribution in [-0.2, 0) is 6.42 Å². The minimum absolute atomic E-state index is 0.0992. The third-order valence-corrected chi connectivity index (χ3v) is 4.24. The van der Waals surface area contributed by atoms with Crippen LogP contribution in [0.5, 0.6) is 11.5 Å². The molecule has 0 bridgehead atoms. The Labute approximate surface area is 143 Å². The van der Waals surface area contributed by atoms with E-state index in [9.17, 15) is 0 Å². The average Bonchev–Trinajstić information content (AvgIpc) is 2.44. The van der Waals surface area contributed by atoms with Crippen molar-refractivity contribution in [2.45, 2.75) is 25.8 Å². The molecule has 21 heavy (non-hydrogen) atoms. The van der Waals surface area contributed by atoms with E-state index in [2.05, 4.69) is 22.9 Å². The van der Waals surface area contributed by atoms with Gasteiger partial charge in [0.25, 0.3) is 0 Å². The van der Waals surface area contributed by atoms with E-state index in [0.29, 0.717) is 15.8 Å². The summed E-state index contributed by atoms with van der Waals surface area (Å²) in [6.07, 6.45) is 1.65. The number of hydrogen-bond donors (Lipinski definition) is 1. The number of halogens is 3. The third kappa shape index (κ3) is 4.62. The van der Waals surface area contributed by atoms with Gasteiger partial charge in [-0.05, 0) is 64.7 Å². The van der Waals surface area contributed by atoms with Crippen LogP contribution in [0.4, 0.5) is 0 Å². The van der Waals surface area contributed by atoms with E-state index >= 15 is 0 Å². The fourth-order valence-corrected chi connectivity index (χ4v) is 2.82. The predicted molar refractivity (Wildman–Crippen MR) is 92.6 cm³/mol. The second-order valence-corrected chi connectivity index (χ2v) is 6.53. The van der Waals surface area contributed by atoms with E-state index in [4.69, 9.17) is 33.7 Å². The van der Waals surface area contributed by atoms with Crippen molar-refractivity contribution in [2.75, 3.05) is 0 Å². The van der Waals surface area contributed by atoms with Crippen LogP contribution in [0.25, 0.3) is 0 Å². The molecule has 0 heterocycles. The zero-order valence-electron chi connectivity index (χ0n) is 11.6. The Morgan fingerprint density at radius 2 is 1.76 bits per heavy atom. The van der Waals surface area contributed by atoms with Gasteiger partial charge in [0, 0.05) is 16.1 Å². The van der Waals surface area contributed by atoms with Crippen LogP contribution in [0.1, 0.15) is 18.9 Å². The van der Waals surface area contributed by atoms with Crippen molar-refractivity contribution in [2.24, 2.45) is 5.73 Å². The minimum Gasteiger partial charge on any atom is -0.456 e. The van der Waals surface area contributed by atoms with Gasteiger partial charge in [-0.1, -0.05) is 36.2 Å². The Hall–Kier alpha value is -0.740. The summed E-state index contributed by atoms with van der Waals surface area (Å²) in [7, 11) is 0. The topological polar surface area (TPSA) is 35.2 Å². The van der Waals surface area contributed by atoms with Crippen LogP contribution in [0, 0.1) is 0 Å². The smallest absolute Gasteiger partial charge is 0.141 e. The molecule has 0 aliphatic carbocycles. The van der Waals surface area contributed by atoms with Crippen LogP contribution in [0.3, 0.4) is 0 Å². The number of hydrogen-bond acceptors (Lipinski definition) is 2. The Morgan fingerprint density at radius 1 is 1.10 bits per heavy atom. The maximum absolute atomic E-state index is 6.07. The predicted octanol–water partition coefficient (Wildman–Crippen LogP) is 5.83. The number of rotatable bonds is 5. The molecule has 0 aliphatic heterocycles. The van der Waals surface area contributed by atoms with Crippen LogP contribution >= 0.6 is 39.1 Å². The normalized spacial score (nSPS) is 12.2. The molecule has 112 valence electrons. The molecule has 0 radical (unpaired) electrons. The minimum atomic E-state index is 0.0992. The summed E-state index contributed by atoms with van der Waals surface area (Å²) in [6.45, 7) is 2.07. The summed E-state index contributed by atoms with van der Waals surface area (Å²) in [4.78, 5) is 0. The second-order valence-electron chi connectivity index (χ2n) is 4.80.